The van der Waals surface area contributed by atoms with Crippen molar-refractivity contribution < 1.29 is 19.2 Å². The second-order valence-corrected chi connectivity index (χ2v) is 8.11. The lowest BCUT2D eigenvalue weighted by atomic mass is 9.94. The number of nitro benzene ring substituents is 1. The van der Waals surface area contributed by atoms with E-state index in [1.54, 1.807) is 6.07 Å². The van der Waals surface area contributed by atoms with Gasteiger partial charge in [-0.15, -0.1) is 0 Å². The van der Waals surface area contributed by atoms with Gasteiger partial charge >= 0.3 is 0 Å². The highest BCUT2D eigenvalue weighted by Gasteiger charge is 2.37. The van der Waals surface area contributed by atoms with E-state index in [-0.39, 0.29) is 24.4 Å². The molecule has 29 heavy (non-hydrogen) atoms. The number of piperazine rings is 1. The minimum Gasteiger partial charge on any atom is -0.454 e. The first-order valence-corrected chi connectivity index (χ1v) is 10.3. The summed E-state index contributed by atoms with van der Waals surface area (Å²) in [5.41, 5.74) is 0.272. The highest BCUT2D eigenvalue weighted by atomic mass is 16.7. The molecule has 0 radical (unpaired) electrons. The number of fused-ring (bicyclic) bond motifs is 1. The van der Waals surface area contributed by atoms with Crippen molar-refractivity contribution in [1.82, 2.24) is 15.1 Å². The molecule has 2 fully saturated rings. The number of benzene rings is 1. The zero-order chi connectivity index (χ0) is 20.4. The SMILES string of the molecule is CN1CCN(C(C(=O)NC2CCCCC2)c2cc3c(cc2[N+](=O)[O-])OCO3)CC1. The lowest BCUT2D eigenvalue weighted by molar-refractivity contribution is -0.386. The predicted octanol–water partition coefficient (Wildman–Crippen LogP) is 2.06. The van der Waals surface area contributed by atoms with Gasteiger partial charge in [0, 0.05) is 32.2 Å². The van der Waals surface area contributed by atoms with Gasteiger partial charge in [-0.05, 0) is 26.0 Å². The molecule has 0 aromatic heterocycles. The van der Waals surface area contributed by atoms with E-state index in [0.717, 1.165) is 38.8 Å². The van der Waals surface area contributed by atoms with Crippen molar-refractivity contribution in [3.05, 3.63) is 27.8 Å². The van der Waals surface area contributed by atoms with Gasteiger partial charge in [-0.3, -0.25) is 19.8 Å². The molecular weight excluding hydrogens is 376 g/mol. The smallest absolute Gasteiger partial charge is 0.278 e. The Morgan fingerprint density at radius 2 is 1.79 bits per heavy atom. The third-order valence-corrected chi connectivity index (χ3v) is 6.12. The molecule has 0 bridgehead atoms. The van der Waals surface area contributed by atoms with Crippen LogP contribution >= 0.6 is 0 Å². The van der Waals surface area contributed by atoms with E-state index in [2.05, 4.69) is 10.2 Å². The Bertz CT molecular complexity index is 772. The third kappa shape index (κ3) is 4.30. The molecular formula is C20H28N4O5. The van der Waals surface area contributed by atoms with E-state index < -0.39 is 11.0 Å². The number of hydrogen-bond donors (Lipinski definition) is 1. The Labute approximate surface area is 170 Å². The largest absolute Gasteiger partial charge is 0.454 e. The number of nitrogens with zero attached hydrogens (tertiary/aromatic N) is 3. The van der Waals surface area contributed by atoms with Crippen LogP contribution in [-0.2, 0) is 4.79 Å². The molecule has 2 heterocycles. The summed E-state index contributed by atoms with van der Waals surface area (Å²) in [7, 11) is 2.04. The summed E-state index contributed by atoms with van der Waals surface area (Å²) in [4.78, 5) is 29.0. The Balaban J connectivity index is 1.68. The fourth-order valence-electron chi connectivity index (χ4n) is 4.44. The van der Waals surface area contributed by atoms with Gasteiger partial charge in [0.25, 0.3) is 5.69 Å². The van der Waals surface area contributed by atoms with Crippen molar-refractivity contribution in [2.75, 3.05) is 40.0 Å². The monoisotopic (exact) mass is 404 g/mol. The highest BCUT2D eigenvalue weighted by Crippen LogP contribution is 2.42. The van der Waals surface area contributed by atoms with Crippen LogP contribution in [0.4, 0.5) is 5.69 Å². The molecule has 1 unspecified atom stereocenters. The van der Waals surface area contributed by atoms with Crippen LogP contribution in [0.5, 0.6) is 11.5 Å². The number of hydrogen-bond acceptors (Lipinski definition) is 7. The standard InChI is InChI=1S/C20H28N4O5/c1-22-7-9-23(10-8-22)19(20(25)21-14-5-3-2-4-6-14)15-11-17-18(29-13-28-17)12-16(15)24(26)27/h11-12,14,19H,2-10,13H2,1H3,(H,21,25). The second kappa shape index (κ2) is 8.54. The van der Waals surface area contributed by atoms with Crippen LogP contribution < -0.4 is 14.8 Å². The average molecular weight is 404 g/mol. The molecule has 1 saturated heterocycles. The maximum absolute atomic E-state index is 13.4. The Morgan fingerprint density at radius 3 is 2.45 bits per heavy atom. The molecule has 1 aliphatic carbocycles. The zero-order valence-electron chi connectivity index (χ0n) is 16.8. The van der Waals surface area contributed by atoms with Crippen LogP contribution in [0, 0.1) is 10.1 Å². The van der Waals surface area contributed by atoms with Gasteiger partial charge in [-0.2, -0.15) is 0 Å². The Hall–Kier alpha value is -2.39. The van der Waals surface area contributed by atoms with Gasteiger partial charge in [0.15, 0.2) is 11.5 Å². The first-order chi connectivity index (χ1) is 14.0. The fraction of sp³-hybridized carbons (Fsp3) is 0.650. The average Bonchev–Trinajstić information content (AvgIpc) is 3.17. The van der Waals surface area contributed by atoms with Crippen molar-refractivity contribution in [1.29, 1.82) is 0 Å². The maximum atomic E-state index is 13.4. The molecule has 9 nitrogen and oxygen atoms in total. The van der Waals surface area contributed by atoms with Crippen LogP contribution in [0.3, 0.4) is 0 Å². The summed E-state index contributed by atoms with van der Waals surface area (Å²) >= 11 is 0. The van der Waals surface area contributed by atoms with Crippen molar-refractivity contribution in [3.8, 4) is 11.5 Å². The maximum Gasteiger partial charge on any atom is 0.278 e. The number of nitrogens with one attached hydrogen (secondary N) is 1. The van der Waals surface area contributed by atoms with E-state index in [1.165, 1.54) is 12.5 Å². The lowest BCUT2D eigenvalue weighted by Crippen LogP contribution is -2.51. The molecule has 1 aromatic rings. The van der Waals surface area contributed by atoms with Crippen LogP contribution in [0.2, 0.25) is 0 Å². The van der Waals surface area contributed by atoms with Crippen molar-refractivity contribution in [2.45, 2.75) is 44.2 Å². The first kappa shape index (κ1) is 19.9. The molecule has 1 saturated carbocycles. The van der Waals surface area contributed by atoms with Gasteiger partial charge in [-0.25, -0.2) is 0 Å². The number of rotatable bonds is 5. The van der Waals surface area contributed by atoms with Gasteiger partial charge < -0.3 is 19.7 Å². The van der Waals surface area contributed by atoms with Crippen LogP contribution in [0.15, 0.2) is 12.1 Å². The summed E-state index contributed by atoms with van der Waals surface area (Å²) in [6, 6.07) is 2.42. The predicted molar refractivity (Wildman–Crippen MR) is 106 cm³/mol. The molecule has 1 aromatic carbocycles. The third-order valence-electron chi connectivity index (χ3n) is 6.12. The molecule has 1 amide bonds. The molecule has 4 rings (SSSR count). The van der Waals surface area contributed by atoms with E-state index in [9.17, 15) is 14.9 Å². The summed E-state index contributed by atoms with van der Waals surface area (Å²) < 4.78 is 10.8. The first-order valence-electron chi connectivity index (χ1n) is 10.3. The van der Waals surface area contributed by atoms with E-state index in [0.29, 0.717) is 30.2 Å². The summed E-state index contributed by atoms with van der Waals surface area (Å²) in [6.45, 7) is 3.00. The molecule has 0 spiro atoms. The summed E-state index contributed by atoms with van der Waals surface area (Å²) in [6.07, 6.45) is 5.33. The van der Waals surface area contributed by atoms with Crippen molar-refractivity contribution in [3.63, 3.8) is 0 Å². The molecule has 158 valence electrons. The van der Waals surface area contributed by atoms with Crippen molar-refractivity contribution in [2.24, 2.45) is 0 Å². The number of amides is 1. The van der Waals surface area contributed by atoms with Crippen LogP contribution in [0.1, 0.15) is 43.7 Å². The quantitative estimate of drug-likeness (QED) is 0.593. The number of carbonyl (C=O) groups is 1. The highest BCUT2D eigenvalue weighted by molar-refractivity contribution is 5.85. The molecule has 1 atom stereocenters. The Morgan fingerprint density at radius 1 is 1.14 bits per heavy atom. The summed E-state index contributed by atoms with van der Waals surface area (Å²) in [5, 5.41) is 15.0. The normalized spacial score (nSPS) is 21.7. The number of nitro groups is 1. The lowest BCUT2D eigenvalue weighted by Gasteiger charge is -2.38. The van der Waals surface area contributed by atoms with E-state index >= 15 is 0 Å². The summed E-state index contributed by atoms with van der Waals surface area (Å²) in [5.74, 6) is 0.642. The second-order valence-electron chi connectivity index (χ2n) is 8.11. The Kier molecular flexibility index (Phi) is 5.86. The molecule has 9 heteroatoms. The minimum atomic E-state index is -0.722. The van der Waals surface area contributed by atoms with Gasteiger partial charge in [0.05, 0.1) is 16.6 Å². The fourth-order valence-corrected chi connectivity index (χ4v) is 4.44. The number of ether oxygens (including phenoxy) is 2. The number of carbonyl (C=O) groups excluding carboxylic acids is 1. The van der Waals surface area contributed by atoms with Crippen LogP contribution in [0.25, 0.3) is 0 Å². The van der Waals surface area contributed by atoms with Gasteiger partial charge in [0.2, 0.25) is 12.7 Å². The molecule has 3 aliphatic rings. The zero-order valence-corrected chi connectivity index (χ0v) is 16.8. The van der Waals surface area contributed by atoms with Crippen molar-refractivity contribution >= 4 is 11.6 Å². The molecule has 1 N–H and O–H groups in total. The van der Waals surface area contributed by atoms with E-state index in [4.69, 9.17) is 9.47 Å². The topological polar surface area (TPSA) is 97.2 Å². The van der Waals surface area contributed by atoms with Crippen LogP contribution in [-0.4, -0.2) is 66.7 Å². The molecule has 2 aliphatic heterocycles. The van der Waals surface area contributed by atoms with E-state index in [1.807, 2.05) is 11.9 Å². The number of likely N-dealkylation sites (N-methyl/N-ethyl adjacent to an activating group) is 1. The van der Waals surface area contributed by atoms with Gasteiger partial charge in [0.1, 0.15) is 6.04 Å². The minimum absolute atomic E-state index is 0.0311. The van der Waals surface area contributed by atoms with Gasteiger partial charge in [-0.1, -0.05) is 19.3 Å².